The number of carbonyl (C=O) groups is 2. The average molecular weight is 391 g/mol. The van der Waals surface area contributed by atoms with Crippen LogP contribution in [0.15, 0.2) is 55.1 Å². The first-order chi connectivity index (χ1) is 14.0. The molecule has 4 rings (SSSR count). The molecule has 0 saturated carbocycles. The Morgan fingerprint density at radius 3 is 2.76 bits per heavy atom. The maximum atomic E-state index is 12.3. The van der Waals surface area contributed by atoms with Gasteiger partial charge in [0, 0.05) is 31.8 Å². The van der Waals surface area contributed by atoms with E-state index in [-0.39, 0.29) is 11.8 Å². The molecule has 0 spiro atoms. The zero-order valence-electron chi connectivity index (χ0n) is 15.7. The van der Waals surface area contributed by atoms with Crippen molar-refractivity contribution in [1.82, 2.24) is 24.1 Å². The number of aryl methyl sites for hydroxylation is 1. The zero-order valence-corrected chi connectivity index (χ0v) is 15.7. The lowest BCUT2D eigenvalue weighted by Gasteiger charge is -2.08. The van der Waals surface area contributed by atoms with Crippen LogP contribution in [0.1, 0.15) is 17.4 Å². The van der Waals surface area contributed by atoms with Crippen molar-refractivity contribution in [3.05, 3.63) is 60.8 Å². The number of nitrogens with one attached hydrogen (secondary N) is 2. The Kier molecular flexibility index (Phi) is 4.65. The number of imidazole rings is 2. The van der Waals surface area contributed by atoms with Gasteiger partial charge in [-0.25, -0.2) is 14.5 Å². The summed E-state index contributed by atoms with van der Waals surface area (Å²) in [5.41, 5.74) is 1.59. The van der Waals surface area contributed by atoms with Gasteiger partial charge < -0.3 is 19.9 Å². The van der Waals surface area contributed by atoms with E-state index in [1.807, 2.05) is 0 Å². The van der Waals surface area contributed by atoms with Crippen LogP contribution in [0.3, 0.4) is 0 Å². The molecule has 10 nitrogen and oxygen atoms in total. The Labute approximate surface area is 165 Å². The van der Waals surface area contributed by atoms with Crippen LogP contribution >= 0.6 is 0 Å². The van der Waals surface area contributed by atoms with E-state index in [4.69, 9.17) is 4.74 Å². The molecule has 0 fully saturated rings. The maximum Gasteiger partial charge on any atom is 0.273 e. The quantitative estimate of drug-likeness (QED) is 0.540. The van der Waals surface area contributed by atoms with Gasteiger partial charge in [-0.2, -0.15) is 0 Å². The van der Waals surface area contributed by atoms with E-state index in [1.165, 1.54) is 17.6 Å². The summed E-state index contributed by atoms with van der Waals surface area (Å²) in [5, 5.41) is 9.74. The number of fused-ring (bicyclic) bond motifs is 1. The lowest BCUT2D eigenvalue weighted by molar-refractivity contribution is -0.114. The number of hydrogen-bond donors (Lipinski definition) is 2. The summed E-state index contributed by atoms with van der Waals surface area (Å²) < 4.78 is 8.94. The molecule has 0 aliphatic carbocycles. The second-order valence-electron chi connectivity index (χ2n) is 6.26. The Balaban J connectivity index is 1.50. The molecule has 0 aliphatic rings. The summed E-state index contributed by atoms with van der Waals surface area (Å²) in [6.07, 6.45) is 4.65. The van der Waals surface area contributed by atoms with E-state index in [2.05, 4.69) is 25.7 Å². The highest BCUT2D eigenvalue weighted by Crippen LogP contribution is 2.23. The topological polar surface area (TPSA) is 115 Å². The number of ether oxygens (including phenoxy) is 1. The van der Waals surface area contributed by atoms with Gasteiger partial charge in [-0.05, 0) is 18.2 Å². The van der Waals surface area contributed by atoms with E-state index >= 15 is 0 Å². The highest BCUT2D eigenvalue weighted by atomic mass is 16.5. The molecule has 0 unspecified atom stereocenters. The summed E-state index contributed by atoms with van der Waals surface area (Å²) in [6.45, 7) is 1.41. The third-order valence-electron chi connectivity index (χ3n) is 3.96. The molecular weight excluding hydrogens is 374 g/mol. The minimum Gasteiger partial charge on any atom is -0.438 e. The summed E-state index contributed by atoms with van der Waals surface area (Å²) in [7, 11) is 1.75. The largest absolute Gasteiger partial charge is 0.438 e. The smallest absolute Gasteiger partial charge is 0.273 e. The SMILES string of the molecule is CC(=O)Nc1cn2nc(Oc3cccc(NC(=O)c4cncn4C)c3)ccc2n1. The third-order valence-corrected chi connectivity index (χ3v) is 3.96. The van der Waals surface area contributed by atoms with Gasteiger partial charge in [0.15, 0.2) is 11.5 Å². The van der Waals surface area contributed by atoms with E-state index < -0.39 is 0 Å². The molecule has 1 aromatic carbocycles. The molecular formula is C19H17N7O3. The third kappa shape index (κ3) is 4.05. The predicted octanol–water partition coefficient (Wildman–Crippen LogP) is 2.47. The van der Waals surface area contributed by atoms with Crippen molar-refractivity contribution in [2.75, 3.05) is 10.6 Å². The van der Waals surface area contributed by atoms with Crippen LogP contribution in [-0.4, -0.2) is 36.0 Å². The summed E-state index contributed by atoms with van der Waals surface area (Å²) in [4.78, 5) is 31.7. The molecule has 10 heteroatoms. The number of nitrogens with zero attached hydrogens (tertiary/aromatic N) is 5. The van der Waals surface area contributed by atoms with Crippen molar-refractivity contribution in [3.8, 4) is 11.6 Å². The number of aromatic nitrogens is 5. The first-order valence-electron chi connectivity index (χ1n) is 8.67. The Morgan fingerprint density at radius 2 is 2.00 bits per heavy atom. The number of rotatable bonds is 5. The summed E-state index contributed by atoms with van der Waals surface area (Å²) >= 11 is 0. The van der Waals surface area contributed by atoms with Crippen LogP contribution in [-0.2, 0) is 11.8 Å². The zero-order chi connectivity index (χ0) is 20.4. The van der Waals surface area contributed by atoms with E-state index in [1.54, 1.807) is 60.5 Å². The molecule has 29 heavy (non-hydrogen) atoms. The van der Waals surface area contributed by atoms with E-state index in [0.717, 1.165) is 0 Å². The lowest BCUT2D eigenvalue weighted by Crippen LogP contribution is -2.15. The first-order valence-corrected chi connectivity index (χ1v) is 8.67. The average Bonchev–Trinajstić information content (AvgIpc) is 3.26. The van der Waals surface area contributed by atoms with Gasteiger partial charge in [-0.1, -0.05) is 6.07 Å². The predicted molar refractivity (Wildman–Crippen MR) is 105 cm³/mol. The molecule has 2 N–H and O–H groups in total. The number of hydrogen-bond acceptors (Lipinski definition) is 6. The van der Waals surface area contributed by atoms with E-state index in [0.29, 0.717) is 34.5 Å². The number of anilines is 2. The molecule has 0 radical (unpaired) electrons. The van der Waals surface area contributed by atoms with Crippen LogP contribution < -0.4 is 15.4 Å². The second-order valence-corrected chi connectivity index (χ2v) is 6.26. The van der Waals surface area contributed by atoms with Crippen molar-refractivity contribution in [1.29, 1.82) is 0 Å². The van der Waals surface area contributed by atoms with Crippen LogP contribution in [0.2, 0.25) is 0 Å². The Bertz CT molecular complexity index is 1210. The monoisotopic (exact) mass is 391 g/mol. The molecule has 4 aromatic rings. The fraction of sp³-hybridized carbons (Fsp3) is 0.105. The first kappa shape index (κ1) is 18.2. The fourth-order valence-electron chi connectivity index (χ4n) is 2.69. The molecule has 0 saturated heterocycles. The van der Waals surface area contributed by atoms with Crippen molar-refractivity contribution < 1.29 is 14.3 Å². The number of benzene rings is 1. The molecule has 2 amide bonds. The highest BCUT2D eigenvalue weighted by molar-refractivity contribution is 6.03. The van der Waals surface area contributed by atoms with Crippen molar-refractivity contribution in [2.45, 2.75) is 6.92 Å². The molecule has 0 aliphatic heterocycles. The van der Waals surface area contributed by atoms with Crippen LogP contribution in [0.5, 0.6) is 11.6 Å². The minimum atomic E-state index is -0.273. The van der Waals surface area contributed by atoms with E-state index in [9.17, 15) is 9.59 Å². The number of amides is 2. The fourth-order valence-corrected chi connectivity index (χ4v) is 2.69. The standard InChI is InChI=1S/C19H17N7O3/c1-12(27)21-16-10-26-17(23-16)6-7-18(24-26)29-14-5-3-4-13(8-14)22-19(28)15-9-20-11-25(15)2/h3-11H,1-2H3,(H,21,27)(H,22,28). The second kappa shape index (κ2) is 7.43. The van der Waals surface area contributed by atoms with Crippen molar-refractivity contribution >= 4 is 29.0 Å². The molecule has 3 aromatic heterocycles. The molecule has 0 atom stereocenters. The molecule has 3 heterocycles. The highest BCUT2D eigenvalue weighted by Gasteiger charge is 2.11. The van der Waals surface area contributed by atoms with Gasteiger partial charge in [0.1, 0.15) is 11.4 Å². The van der Waals surface area contributed by atoms with Gasteiger partial charge in [0.25, 0.3) is 5.91 Å². The van der Waals surface area contributed by atoms with Gasteiger partial charge in [0.05, 0.1) is 18.7 Å². The van der Waals surface area contributed by atoms with Crippen molar-refractivity contribution in [2.24, 2.45) is 7.05 Å². The lowest BCUT2D eigenvalue weighted by atomic mass is 10.3. The van der Waals surface area contributed by atoms with Crippen LogP contribution in [0, 0.1) is 0 Å². The Hall–Kier alpha value is -4.21. The summed E-state index contributed by atoms with van der Waals surface area (Å²) in [5.74, 6) is 0.753. The van der Waals surface area contributed by atoms with Crippen molar-refractivity contribution in [3.63, 3.8) is 0 Å². The number of carbonyl (C=O) groups excluding carboxylic acids is 2. The normalized spacial score (nSPS) is 10.7. The minimum absolute atomic E-state index is 0.213. The van der Waals surface area contributed by atoms with Gasteiger partial charge in [0.2, 0.25) is 11.8 Å². The summed E-state index contributed by atoms with van der Waals surface area (Å²) in [6, 6.07) is 10.4. The van der Waals surface area contributed by atoms with Crippen LogP contribution in [0.25, 0.3) is 5.65 Å². The molecule has 0 bridgehead atoms. The Morgan fingerprint density at radius 1 is 1.14 bits per heavy atom. The van der Waals surface area contributed by atoms with Crippen LogP contribution in [0.4, 0.5) is 11.5 Å². The van der Waals surface area contributed by atoms with Gasteiger partial charge in [-0.15, -0.1) is 5.10 Å². The maximum absolute atomic E-state index is 12.3. The molecule has 146 valence electrons. The van der Waals surface area contributed by atoms with Gasteiger partial charge in [-0.3, -0.25) is 9.59 Å². The van der Waals surface area contributed by atoms with Gasteiger partial charge >= 0.3 is 0 Å².